The average molecular weight is 270 g/mol. The van der Waals surface area contributed by atoms with Gasteiger partial charge in [-0.25, -0.2) is 0 Å². The van der Waals surface area contributed by atoms with Crippen molar-refractivity contribution in [3.05, 3.63) is 48.0 Å². The minimum atomic E-state index is 0.610. The minimum Gasteiger partial charge on any atom is -0.492 e. The van der Waals surface area contributed by atoms with Crippen LogP contribution < -0.4 is 15.8 Å². The smallest absolute Gasteiger partial charge is 0.144 e. The first kappa shape index (κ1) is 14.3. The molecule has 0 aliphatic heterocycles. The fraction of sp³-hybridized carbons (Fsp3) is 0.294. The fourth-order valence-electron chi connectivity index (χ4n) is 2.10. The Labute approximate surface area is 120 Å². The lowest BCUT2D eigenvalue weighted by Gasteiger charge is -2.11. The molecule has 0 unspecified atom stereocenters. The lowest BCUT2D eigenvalue weighted by Crippen LogP contribution is -1.98. The van der Waals surface area contributed by atoms with Crippen molar-refractivity contribution in [2.24, 2.45) is 0 Å². The summed E-state index contributed by atoms with van der Waals surface area (Å²) in [4.78, 5) is 0. The van der Waals surface area contributed by atoms with Crippen LogP contribution in [0.5, 0.6) is 5.75 Å². The zero-order valence-corrected chi connectivity index (χ0v) is 12.1. The molecule has 3 heteroatoms. The van der Waals surface area contributed by atoms with Gasteiger partial charge in [0.15, 0.2) is 0 Å². The summed E-state index contributed by atoms with van der Waals surface area (Å²) in [6, 6.07) is 14.3. The van der Waals surface area contributed by atoms with Crippen LogP contribution in [0, 0.1) is 0 Å². The highest BCUT2D eigenvalue weighted by molar-refractivity contribution is 5.66. The van der Waals surface area contributed by atoms with Crippen LogP contribution in [0.15, 0.2) is 42.5 Å². The summed E-state index contributed by atoms with van der Waals surface area (Å²) in [5.41, 5.74) is 9.94. The monoisotopic (exact) mass is 270 g/mol. The largest absolute Gasteiger partial charge is 0.492 e. The molecular formula is C17H22N2O. The molecule has 0 spiro atoms. The maximum atomic E-state index is 5.87. The van der Waals surface area contributed by atoms with E-state index in [0.29, 0.717) is 12.3 Å². The number of hydrogen-bond donors (Lipinski definition) is 2. The summed E-state index contributed by atoms with van der Waals surface area (Å²) in [6.45, 7) is 4.75. The second kappa shape index (κ2) is 6.85. The number of benzene rings is 2. The zero-order valence-electron chi connectivity index (χ0n) is 12.1. The van der Waals surface area contributed by atoms with Crippen LogP contribution in [0.2, 0.25) is 0 Å². The van der Waals surface area contributed by atoms with Gasteiger partial charge >= 0.3 is 0 Å². The maximum Gasteiger partial charge on any atom is 0.144 e. The van der Waals surface area contributed by atoms with Crippen molar-refractivity contribution in [2.45, 2.75) is 26.7 Å². The minimum absolute atomic E-state index is 0.610. The Bertz CT molecular complexity index is 549. The van der Waals surface area contributed by atoms with Gasteiger partial charge in [0.1, 0.15) is 5.75 Å². The number of anilines is 3. The standard InChI is InChI=1S/C17H22N2O/c1-3-5-13-6-8-14(9-7-13)19-15-10-11-16(18)17(12-15)20-4-2/h6-12,19H,3-5,18H2,1-2H3. The SMILES string of the molecule is CCCc1ccc(Nc2ccc(N)c(OCC)c2)cc1. The molecule has 0 aliphatic rings. The second-order valence-electron chi connectivity index (χ2n) is 4.76. The fourth-order valence-corrected chi connectivity index (χ4v) is 2.10. The molecule has 0 fully saturated rings. The van der Waals surface area contributed by atoms with Crippen molar-refractivity contribution in [2.75, 3.05) is 17.7 Å². The summed E-state index contributed by atoms with van der Waals surface area (Å²) >= 11 is 0. The van der Waals surface area contributed by atoms with E-state index in [-0.39, 0.29) is 0 Å². The van der Waals surface area contributed by atoms with Crippen molar-refractivity contribution in [3.8, 4) is 5.75 Å². The summed E-state index contributed by atoms with van der Waals surface area (Å²) < 4.78 is 5.50. The number of aryl methyl sites for hydroxylation is 1. The van der Waals surface area contributed by atoms with Crippen molar-refractivity contribution in [1.82, 2.24) is 0 Å². The molecule has 0 heterocycles. The van der Waals surface area contributed by atoms with Gasteiger partial charge < -0.3 is 15.8 Å². The van der Waals surface area contributed by atoms with Crippen molar-refractivity contribution in [3.63, 3.8) is 0 Å². The van der Waals surface area contributed by atoms with E-state index in [1.807, 2.05) is 25.1 Å². The van der Waals surface area contributed by atoms with Gasteiger partial charge in [-0.3, -0.25) is 0 Å². The third-order valence-corrected chi connectivity index (χ3v) is 3.09. The zero-order chi connectivity index (χ0) is 14.4. The molecule has 0 saturated heterocycles. The Hall–Kier alpha value is -2.16. The highest BCUT2D eigenvalue weighted by Gasteiger charge is 2.02. The van der Waals surface area contributed by atoms with E-state index in [9.17, 15) is 0 Å². The number of ether oxygens (including phenoxy) is 1. The van der Waals surface area contributed by atoms with Crippen LogP contribution in [0.4, 0.5) is 17.1 Å². The number of nitrogen functional groups attached to an aromatic ring is 1. The molecule has 2 rings (SSSR count). The number of hydrogen-bond acceptors (Lipinski definition) is 3. The summed E-state index contributed by atoms with van der Waals surface area (Å²) in [6.07, 6.45) is 2.29. The lowest BCUT2D eigenvalue weighted by atomic mass is 10.1. The van der Waals surface area contributed by atoms with E-state index < -0.39 is 0 Å². The number of nitrogens with two attached hydrogens (primary N) is 1. The van der Waals surface area contributed by atoms with E-state index in [1.54, 1.807) is 0 Å². The van der Waals surface area contributed by atoms with Crippen LogP contribution in [0.1, 0.15) is 25.8 Å². The molecule has 3 N–H and O–H groups in total. The molecule has 3 nitrogen and oxygen atoms in total. The van der Waals surface area contributed by atoms with Crippen LogP contribution in [0.3, 0.4) is 0 Å². The lowest BCUT2D eigenvalue weighted by molar-refractivity contribution is 0.342. The van der Waals surface area contributed by atoms with Gasteiger partial charge in [-0.2, -0.15) is 0 Å². The number of rotatable bonds is 6. The van der Waals surface area contributed by atoms with Gasteiger partial charge in [-0.1, -0.05) is 25.5 Å². The quantitative estimate of drug-likeness (QED) is 0.766. The molecule has 0 bridgehead atoms. The Morgan fingerprint density at radius 1 is 1.00 bits per heavy atom. The van der Waals surface area contributed by atoms with E-state index in [1.165, 1.54) is 12.0 Å². The molecule has 0 atom stereocenters. The van der Waals surface area contributed by atoms with E-state index in [4.69, 9.17) is 10.5 Å². The van der Waals surface area contributed by atoms with Gasteiger partial charge in [0.05, 0.1) is 12.3 Å². The van der Waals surface area contributed by atoms with Crippen LogP contribution in [-0.2, 0) is 6.42 Å². The Morgan fingerprint density at radius 3 is 2.35 bits per heavy atom. The first-order valence-electron chi connectivity index (χ1n) is 7.11. The second-order valence-corrected chi connectivity index (χ2v) is 4.76. The van der Waals surface area contributed by atoms with Gasteiger partial charge in [0.2, 0.25) is 0 Å². The van der Waals surface area contributed by atoms with Crippen LogP contribution >= 0.6 is 0 Å². The van der Waals surface area contributed by atoms with Crippen molar-refractivity contribution < 1.29 is 4.74 Å². The Balaban J connectivity index is 2.11. The predicted molar refractivity (Wildman–Crippen MR) is 85.7 cm³/mol. The summed E-state index contributed by atoms with van der Waals surface area (Å²) in [7, 11) is 0. The molecule has 0 radical (unpaired) electrons. The molecule has 2 aromatic rings. The summed E-state index contributed by atoms with van der Waals surface area (Å²) in [5, 5.41) is 3.36. The third kappa shape index (κ3) is 3.67. The van der Waals surface area contributed by atoms with Crippen LogP contribution in [0.25, 0.3) is 0 Å². The van der Waals surface area contributed by atoms with Gasteiger partial charge in [0, 0.05) is 17.4 Å². The highest BCUT2D eigenvalue weighted by atomic mass is 16.5. The Kier molecular flexibility index (Phi) is 4.88. The van der Waals surface area contributed by atoms with Crippen LogP contribution in [-0.4, -0.2) is 6.61 Å². The molecular weight excluding hydrogens is 248 g/mol. The van der Waals surface area contributed by atoms with Gasteiger partial charge in [-0.05, 0) is 43.2 Å². The average Bonchev–Trinajstić information content (AvgIpc) is 2.45. The first-order valence-corrected chi connectivity index (χ1v) is 7.11. The molecule has 0 amide bonds. The summed E-state index contributed by atoms with van der Waals surface area (Å²) in [5.74, 6) is 0.722. The van der Waals surface area contributed by atoms with Crippen molar-refractivity contribution >= 4 is 17.1 Å². The molecule has 20 heavy (non-hydrogen) atoms. The molecule has 106 valence electrons. The maximum absolute atomic E-state index is 5.87. The topological polar surface area (TPSA) is 47.3 Å². The third-order valence-electron chi connectivity index (χ3n) is 3.09. The Morgan fingerprint density at radius 2 is 1.70 bits per heavy atom. The van der Waals surface area contributed by atoms with E-state index >= 15 is 0 Å². The normalized spacial score (nSPS) is 10.3. The van der Waals surface area contributed by atoms with E-state index in [0.717, 1.165) is 23.5 Å². The first-order chi connectivity index (χ1) is 9.72. The number of nitrogens with one attached hydrogen (secondary N) is 1. The highest BCUT2D eigenvalue weighted by Crippen LogP contribution is 2.27. The van der Waals surface area contributed by atoms with Gasteiger partial charge in [-0.15, -0.1) is 0 Å². The molecule has 0 aliphatic carbocycles. The van der Waals surface area contributed by atoms with Gasteiger partial charge in [0.25, 0.3) is 0 Å². The molecule has 2 aromatic carbocycles. The predicted octanol–water partition coefficient (Wildman–Crippen LogP) is 4.36. The molecule has 0 aromatic heterocycles. The molecule has 0 saturated carbocycles. The van der Waals surface area contributed by atoms with Crippen molar-refractivity contribution in [1.29, 1.82) is 0 Å². The van der Waals surface area contributed by atoms with E-state index in [2.05, 4.69) is 36.5 Å².